The van der Waals surface area contributed by atoms with E-state index >= 15 is 0 Å². The predicted molar refractivity (Wildman–Crippen MR) is 73.4 cm³/mol. The molecule has 20 heavy (non-hydrogen) atoms. The van der Waals surface area contributed by atoms with E-state index in [1.54, 1.807) is 20.3 Å². The van der Waals surface area contributed by atoms with E-state index in [1.807, 2.05) is 18.7 Å². The number of methoxy groups -OCH3 is 2. The van der Waals surface area contributed by atoms with Crippen molar-refractivity contribution in [1.82, 2.24) is 9.97 Å². The lowest BCUT2D eigenvalue weighted by Crippen LogP contribution is -2.54. The molecule has 2 rings (SSSR count). The van der Waals surface area contributed by atoms with Crippen LogP contribution in [0.4, 0.5) is 5.95 Å². The molecule has 7 nitrogen and oxygen atoms in total. The lowest BCUT2D eigenvalue weighted by atomic mass is 10.1. The maximum Gasteiger partial charge on any atom is 0.232 e. The number of morpholine rings is 1. The average Bonchev–Trinajstić information content (AvgIpc) is 2.44. The van der Waals surface area contributed by atoms with Crippen LogP contribution in [0, 0.1) is 0 Å². The first kappa shape index (κ1) is 14.8. The fraction of sp³-hybridized carbons (Fsp3) is 0.692. The lowest BCUT2D eigenvalue weighted by molar-refractivity contribution is -0.101. The van der Waals surface area contributed by atoms with Gasteiger partial charge in [-0.2, -0.15) is 9.97 Å². The molecule has 1 aromatic heterocycles. The van der Waals surface area contributed by atoms with Crippen LogP contribution in [0.25, 0.3) is 0 Å². The van der Waals surface area contributed by atoms with E-state index in [-0.39, 0.29) is 18.3 Å². The summed E-state index contributed by atoms with van der Waals surface area (Å²) in [5.74, 6) is 1.39. The fourth-order valence-electron chi connectivity index (χ4n) is 2.29. The Morgan fingerprint density at radius 2 is 1.95 bits per heavy atom. The first-order valence-electron chi connectivity index (χ1n) is 6.48. The summed E-state index contributed by atoms with van der Waals surface area (Å²) in [7, 11) is 3.09. The van der Waals surface area contributed by atoms with Crippen molar-refractivity contribution in [2.75, 3.05) is 38.8 Å². The monoisotopic (exact) mass is 283 g/mol. The number of rotatable bonds is 4. The van der Waals surface area contributed by atoms with Crippen molar-refractivity contribution in [2.45, 2.75) is 25.6 Å². The molecule has 1 aliphatic heterocycles. The topological polar surface area (TPSA) is 76.9 Å². The molecule has 0 amide bonds. The molecule has 1 fully saturated rings. The fourth-order valence-corrected chi connectivity index (χ4v) is 2.29. The second-order valence-corrected chi connectivity index (χ2v) is 5.32. The van der Waals surface area contributed by atoms with Crippen molar-refractivity contribution in [3.05, 3.63) is 6.07 Å². The molecule has 0 aromatic carbocycles. The highest BCUT2D eigenvalue weighted by Gasteiger charge is 2.34. The third-order valence-corrected chi connectivity index (χ3v) is 3.05. The Bertz CT molecular complexity index is 445. The second-order valence-electron chi connectivity index (χ2n) is 5.32. The smallest absolute Gasteiger partial charge is 0.232 e. The number of ether oxygens (including phenoxy) is 3. The van der Waals surface area contributed by atoms with Gasteiger partial charge in [-0.15, -0.1) is 0 Å². The average molecular weight is 283 g/mol. The van der Waals surface area contributed by atoms with Gasteiger partial charge in [0.15, 0.2) is 0 Å². The summed E-state index contributed by atoms with van der Waals surface area (Å²) in [5.41, 5.74) is -0.384. The molecule has 1 aromatic rings. The molecule has 0 spiro atoms. The first-order chi connectivity index (χ1) is 9.47. The van der Waals surface area contributed by atoms with Gasteiger partial charge >= 0.3 is 0 Å². The van der Waals surface area contributed by atoms with Crippen LogP contribution < -0.4 is 14.4 Å². The normalized spacial score (nSPS) is 21.6. The van der Waals surface area contributed by atoms with E-state index in [0.717, 1.165) is 0 Å². The summed E-state index contributed by atoms with van der Waals surface area (Å²) >= 11 is 0. The van der Waals surface area contributed by atoms with Crippen molar-refractivity contribution in [1.29, 1.82) is 0 Å². The first-order valence-corrected chi connectivity index (χ1v) is 6.48. The second kappa shape index (κ2) is 5.80. The van der Waals surface area contributed by atoms with Crippen molar-refractivity contribution < 1.29 is 19.3 Å². The van der Waals surface area contributed by atoms with Crippen molar-refractivity contribution in [3.8, 4) is 11.8 Å². The molecule has 1 N–H and O–H groups in total. The Labute approximate surface area is 118 Å². The SMILES string of the molecule is COc1cc(OC)nc(N2CC(CO)OC(C)(C)C2)n1. The summed E-state index contributed by atoms with van der Waals surface area (Å²) in [6.45, 7) is 5.05. The summed E-state index contributed by atoms with van der Waals surface area (Å²) in [5, 5.41) is 9.35. The Morgan fingerprint density at radius 3 is 2.45 bits per heavy atom. The Morgan fingerprint density at radius 1 is 1.35 bits per heavy atom. The van der Waals surface area contributed by atoms with E-state index in [1.165, 1.54) is 0 Å². The molecule has 1 atom stereocenters. The quantitative estimate of drug-likeness (QED) is 0.860. The number of aliphatic hydroxyl groups is 1. The third-order valence-electron chi connectivity index (χ3n) is 3.05. The van der Waals surface area contributed by atoms with Gasteiger partial charge in [0, 0.05) is 13.1 Å². The Hall–Kier alpha value is -1.60. The van der Waals surface area contributed by atoms with E-state index in [9.17, 15) is 5.11 Å². The van der Waals surface area contributed by atoms with Gasteiger partial charge in [-0.1, -0.05) is 0 Å². The van der Waals surface area contributed by atoms with E-state index in [2.05, 4.69) is 9.97 Å². The predicted octanol–water partition coefficient (Wildman–Crippen LogP) is 0.470. The number of hydrogen-bond donors (Lipinski definition) is 1. The van der Waals surface area contributed by atoms with E-state index in [4.69, 9.17) is 14.2 Å². The van der Waals surface area contributed by atoms with Crippen LogP contribution in [-0.2, 0) is 4.74 Å². The summed E-state index contributed by atoms with van der Waals surface area (Å²) in [6, 6.07) is 1.62. The van der Waals surface area contributed by atoms with Gasteiger partial charge in [-0.05, 0) is 13.8 Å². The van der Waals surface area contributed by atoms with Crippen LogP contribution in [0.2, 0.25) is 0 Å². The van der Waals surface area contributed by atoms with Gasteiger partial charge < -0.3 is 24.2 Å². The number of aromatic nitrogens is 2. The van der Waals surface area contributed by atoms with Crippen LogP contribution in [0.5, 0.6) is 11.8 Å². The number of nitrogens with zero attached hydrogens (tertiary/aromatic N) is 3. The molecule has 1 unspecified atom stereocenters. The van der Waals surface area contributed by atoms with Gasteiger partial charge in [0.1, 0.15) is 0 Å². The highest BCUT2D eigenvalue weighted by Crippen LogP contribution is 2.26. The molecule has 2 heterocycles. The molecular weight excluding hydrogens is 262 g/mol. The molecule has 0 aliphatic carbocycles. The highest BCUT2D eigenvalue weighted by molar-refractivity contribution is 5.38. The zero-order chi connectivity index (χ0) is 14.8. The van der Waals surface area contributed by atoms with Gasteiger partial charge in [0.2, 0.25) is 17.7 Å². The number of hydrogen-bond acceptors (Lipinski definition) is 7. The van der Waals surface area contributed by atoms with Crippen molar-refractivity contribution in [2.24, 2.45) is 0 Å². The highest BCUT2D eigenvalue weighted by atomic mass is 16.5. The molecule has 1 saturated heterocycles. The van der Waals surface area contributed by atoms with Crippen molar-refractivity contribution >= 4 is 5.95 Å². The molecule has 0 radical (unpaired) electrons. The zero-order valence-electron chi connectivity index (χ0n) is 12.3. The maximum atomic E-state index is 9.35. The largest absolute Gasteiger partial charge is 0.481 e. The van der Waals surface area contributed by atoms with Gasteiger partial charge in [0.25, 0.3) is 0 Å². The Kier molecular flexibility index (Phi) is 4.29. The molecule has 0 saturated carbocycles. The molecule has 1 aliphatic rings. The van der Waals surface area contributed by atoms with Crippen LogP contribution in [0.1, 0.15) is 13.8 Å². The summed E-state index contributed by atoms with van der Waals surface area (Å²) < 4.78 is 16.1. The zero-order valence-corrected chi connectivity index (χ0v) is 12.3. The molecular formula is C13H21N3O4. The minimum absolute atomic E-state index is 0.0406. The van der Waals surface area contributed by atoms with Crippen LogP contribution in [-0.4, -0.2) is 60.7 Å². The summed E-state index contributed by atoms with van der Waals surface area (Å²) in [4.78, 5) is 10.6. The maximum absolute atomic E-state index is 9.35. The van der Waals surface area contributed by atoms with E-state index < -0.39 is 0 Å². The Balaban J connectivity index is 2.29. The standard InChI is InChI=1S/C13H21N3O4/c1-13(2)8-16(6-9(7-17)20-13)12-14-10(18-3)5-11(15-12)19-4/h5,9,17H,6-8H2,1-4H3. The molecule has 7 heteroatoms. The van der Waals surface area contributed by atoms with Crippen molar-refractivity contribution in [3.63, 3.8) is 0 Å². The van der Waals surface area contributed by atoms with Gasteiger partial charge in [-0.3, -0.25) is 0 Å². The summed E-state index contributed by atoms with van der Waals surface area (Å²) in [6.07, 6.45) is -0.264. The van der Waals surface area contributed by atoms with Crippen LogP contribution in [0.3, 0.4) is 0 Å². The van der Waals surface area contributed by atoms with Gasteiger partial charge in [-0.25, -0.2) is 0 Å². The number of anilines is 1. The third kappa shape index (κ3) is 3.29. The minimum Gasteiger partial charge on any atom is -0.481 e. The van der Waals surface area contributed by atoms with Crippen LogP contribution >= 0.6 is 0 Å². The van der Waals surface area contributed by atoms with Crippen LogP contribution in [0.15, 0.2) is 6.07 Å². The van der Waals surface area contributed by atoms with Gasteiger partial charge in [0.05, 0.1) is 38.6 Å². The number of aliphatic hydroxyl groups excluding tert-OH is 1. The lowest BCUT2D eigenvalue weighted by Gasteiger charge is -2.42. The van der Waals surface area contributed by atoms with E-state index in [0.29, 0.717) is 30.8 Å². The molecule has 0 bridgehead atoms. The minimum atomic E-state index is -0.384. The molecule has 112 valence electrons.